The maximum Gasteiger partial charge on any atom is 0.148 e. The first-order valence-corrected chi connectivity index (χ1v) is 19.5. The molecule has 0 amide bonds. The summed E-state index contributed by atoms with van der Waals surface area (Å²) in [4.78, 5) is 10.3. The van der Waals surface area contributed by atoms with Crippen molar-refractivity contribution < 1.29 is 31.7 Å². The number of phenols is 1. The molecule has 0 atom stereocenters. The van der Waals surface area contributed by atoms with Gasteiger partial charge < -0.3 is 5.11 Å². The van der Waals surface area contributed by atoms with E-state index in [0.29, 0.717) is 22.6 Å². The molecule has 5 heteroatoms. The number of aryl methyl sites for hydroxylation is 3. The van der Waals surface area contributed by atoms with Crippen molar-refractivity contribution in [2.75, 3.05) is 0 Å². The van der Waals surface area contributed by atoms with Gasteiger partial charge in [-0.1, -0.05) is 151 Å². The Bertz CT molecular complexity index is 3120. The molecular weight excluding hydrogens is 902 g/mol. The van der Waals surface area contributed by atoms with Gasteiger partial charge in [-0.3, -0.25) is 9.55 Å². The van der Waals surface area contributed by atoms with Gasteiger partial charge in [-0.25, -0.2) is 4.98 Å². The number of nitrogens with zero attached hydrogens (tertiary/aromatic N) is 3. The molecule has 0 saturated heterocycles. The third kappa shape index (κ3) is 7.81. The molecule has 0 saturated carbocycles. The van der Waals surface area contributed by atoms with E-state index < -0.39 is 12.7 Å². The Labute approximate surface area is 366 Å². The second-order valence-corrected chi connectivity index (χ2v) is 15.1. The number of rotatable bonds is 8. The summed E-state index contributed by atoms with van der Waals surface area (Å²) >= 11 is 0. The second kappa shape index (κ2) is 16.5. The summed E-state index contributed by atoms with van der Waals surface area (Å²) in [5.41, 5.74) is 14.8. The molecule has 9 rings (SSSR count). The van der Waals surface area contributed by atoms with Crippen LogP contribution in [0.5, 0.6) is 5.75 Å². The van der Waals surface area contributed by atoms with Gasteiger partial charge in [0.25, 0.3) is 0 Å². The van der Waals surface area contributed by atoms with Crippen LogP contribution in [0, 0.1) is 26.8 Å². The molecule has 0 spiro atoms. The van der Waals surface area contributed by atoms with Crippen molar-refractivity contribution >= 4 is 11.0 Å². The molecule has 0 aliphatic heterocycles. The van der Waals surface area contributed by atoms with Gasteiger partial charge in [-0.15, -0.1) is 23.8 Å². The molecule has 0 aliphatic rings. The number of benzene rings is 7. The van der Waals surface area contributed by atoms with Crippen LogP contribution in [-0.4, -0.2) is 19.6 Å². The molecule has 2 heterocycles. The Kier molecular flexibility index (Phi) is 9.69. The zero-order valence-corrected chi connectivity index (χ0v) is 35.5. The van der Waals surface area contributed by atoms with Gasteiger partial charge in [0.2, 0.25) is 0 Å². The fourth-order valence-corrected chi connectivity index (χ4v) is 7.79. The SMILES string of the molecule is [2H]C([2H])([2H])c1ccc(-c2ccnc(-c3[c-]c(-c4cccc5c4nc(-c4cc(C)cc(C)c4O)n5-c4cc(-c5ccccc5)cc(C([2H])(C)C)c4)cc(-c4ccccc4)c3)c2)cc1.[Pt]. The third-order valence-electron chi connectivity index (χ3n) is 10.8. The minimum Gasteiger partial charge on any atom is -0.507 e. The number of phenolic OH excluding ortho intramolecular Hbond substituents is 1. The van der Waals surface area contributed by atoms with Gasteiger partial charge in [0.1, 0.15) is 11.6 Å². The summed E-state index contributed by atoms with van der Waals surface area (Å²) in [7, 11) is 0. The molecule has 2 aromatic heterocycles. The Morgan fingerprint density at radius 2 is 1.31 bits per heavy atom. The summed E-state index contributed by atoms with van der Waals surface area (Å²) in [6.45, 7) is 5.54. The number of aromatic nitrogens is 3. The van der Waals surface area contributed by atoms with Crippen LogP contribution in [0.4, 0.5) is 0 Å². The van der Waals surface area contributed by atoms with Gasteiger partial charge in [0.05, 0.1) is 16.6 Å². The molecule has 0 unspecified atom stereocenters. The zero-order chi connectivity index (χ0) is 43.3. The van der Waals surface area contributed by atoms with E-state index in [1.54, 1.807) is 18.3 Å². The van der Waals surface area contributed by atoms with Crippen molar-refractivity contribution in [2.45, 2.75) is 40.4 Å². The van der Waals surface area contributed by atoms with E-state index in [0.717, 1.165) is 83.5 Å². The van der Waals surface area contributed by atoms with E-state index in [-0.39, 0.29) is 26.8 Å². The zero-order valence-electron chi connectivity index (χ0n) is 37.2. The van der Waals surface area contributed by atoms with Gasteiger partial charge in [-0.2, -0.15) is 0 Å². The standard InChI is InChI=1S/C54H44N3O.Pt/c1-34(2)42-27-44(39-15-10-7-11-16-39)32-47(31-42)57-51-18-12-17-48(52(51)56-54(57)49-26-36(4)25-37(5)53(49)58)45-28-43(38-13-8-6-9-14-38)29-46(30-45)50-33-41(23-24-55-50)40-21-19-35(3)20-22-40;/h6-29,31-34,58H,1-5H3;/q-1;/i3D3,34D;. The predicted molar refractivity (Wildman–Crippen MR) is 240 cm³/mol. The average molecular weight is 950 g/mol. The Morgan fingerprint density at radius 1 is 0.627 bits per heavy atom. The van der Waals surface area contributed by atoms with Crippen LogP contribution in [0.25, 0.3) is 83.9 Å². The van der Waals surface area contributed by atoms with E-state index in [2.05, 4.69) is 77.4 Å². The van der Waals surface area contributed by atoms with Gasteiger partial charge >= 0.3 is 0 Å². The van der Waals surface area contributed by atoms with Crippen molar-refractivity contribution in [3.8, 4) is 78.6 Å². The van der Waals surface area contributed by atoms with Gasteiger partial charge in [-0.05, 0) is 101 Å². The first-order chi connectivity index (χ1) is 29.7. The molecule has 7 aromatic carbocycles. The quantitative estimate of drug-likeness (QED) is 0.154. The number of hydrogen-bond donors (Lipinski definition) is 1. The summed E-state index contributed by atoms with van der Waals surface area (Å²) in [6, 6.07) is 55.6. The smallest absolute Gasteiger partial charge is 0.148 e. The normalized spacial score (nSPS) is 12.6. The van der Waals surface area contributed by atoms with Crippen LogP contribution in [0.3, 0.4) is 0 Å². The first kappa shape index (κ1) is 34.7. The fraction of sp³-hybridized carbons (Fsp3) is 0.111. The minimum absolute atomic E-state index is 0. The van der Waals surface area contributed by atoms with Gasteiger partial charge in [0.15, 0.2) is 0 Å². The van der Waals surface area contributed by atoms with Crippen molar-refractivity contribution in [1.82, 2.24) is 14.5 Å². The molecule has 59 heavy (non-hydrogen) atoms. The van der Waals surface area contributed by atoms with E-state index in [1.807, 2.05) is 107 Å². The third-order valence-corrected chi connectivity index (χ3v) is 10.8. The predicted octanol–water partition coefficient (Wildman–Crippen LogP) is 14.0. The van der Waals surface area contributed by atoms with Crippen molar-refractivity contribution in [2.24, 2.45) is 0 Å². The van der Waals surface area contributed by atoms with E-state index >= 15 is 0 Å². The summed E-state index contributed by atoms with van der Waals surface area (Å²) in [5, 5.41) is 11.7. The number of pyridine rings is 1. The van der Waals surface area contributed by atoms with Crippen LogP contribution < -0.4 is 0 Å². The van der Waals surface area contributed by atoms with Crippen LogP contribution in [0.15, 0.2) is 164 Å². The van der Waals surface area contributed by atoms with E-state index in [4.69, 9.17) is 15.5 Å². The summed E-state index contributed by atoms with van der Waals surface area (Å²) in [5.74, 6) is -0.166. The Morgan fingerprint density at radius 3 is 2.00 bits per heavy atom. The van der Waals surface area contributed by atoms with Crippen molar-refractivity contribution in [1.29, 1.82) is 0 Å². The molecule has 9 aromatic rings. The Hall–Kier alpha value is -6.35. The summed E-state index contributed by atoms with van der Waals surface area (Å²) < 4.78 is 34.7. The average Bonchev–Trinajstić information content (AvgIpc) is 3.67. The molecule has 0 bridgehead atoms. The molecule has 4 nitrogen and oxygen atoms in total. The van der Waals surface area contributed by atoms with Crippen LogP contribution >= 0.6 is 0 Å². The molecule has 292 valence electrons. The largest absolute Gasteiger partial charge is 0.507 e. The van der Waals surface area contributed by atoms with Crippen molar-refractivity contribution in [3.63, 3.8) is 0 Å². The van der Waals surface area contributed by atoms with Crippen LogP contribution in [0.2, 0.25) is 0 Å². The second-order valence-electron chi connectivity index (χ2n) is 15.1. The topological polar surface area (TPSA) is 50.9 Å². The maximum absolute atomic E-state index is 11.7. The molecule has 0 aliphatic carbocycles. The molecule has 0 fully saturated rings. The van der Waals surface area contributed by atoms with E-state index in [9.17, 15) is 5.11 Å². The monoisotopic (exact) mass is 949 g/mol. The van der Waals surface area contributed by atoms with E-state index in [1.165, 1.54) is 0 Å². The fourth-order valence-electron chi connectivity index (χ4n) is 7.79. The Balaban J connectivity index is 0.00000544. The molecule has 1 N–H and O–H groups in total. The number of imidazole rings is 1. The number of aromatic hydroxyl groups is 1. The maximum atomic E-state index is 11.7. The number of para-hydroxylation sites is 1. The first-order valence-electron chi connectivity index (χ1n) is 21.5. The number of fused-ring (bicyclic) bond motifs is 1. The van der Waals surface area contributed by atoms with Gasteiger partial charge in [0, 0.05) is 44.1 Å². The minimum atomic E-state index is -2.18. The summed E-state index contributed by atoms with van der Waals surface area (Å²) in [6.07, 6.45) is 1.77. The molecule has 0 radical (unpaired) electrons. The van der Waals surface area contributed by atoms with Crippen molar-refractivity contribution in [3.05, 3.63) is 192 Å². The van der Waals surface area contributed by atoms with Crippen LogP contribution in [-0.2, 0) is 21.1 Å². The number of hydrogen-bond acceptors (Lipinski definition) is 3. The van der Waals surface area contributed by atoms with Crippen LogP contribution in [0.1, 0.15) is 47.5 Å². The molecular formula is C54H44N3OPt-.